The van der Waals surface area contributed by atoms with Crippen molar-refractivity contribution in [2.45, 2.75) is 19.3 Å². The molecule has 0 radical (unpaired) electrons. The molecule has 0 saturated carbocycles. The van der Waals surface area contributed by atoms with Crippen LogP contribution < -0.4 is 0 Å². The molecule has 18 heavy (non-hydrogen) atoms. The maximum absolute atomic E-state index is 6.03. The van der Waals surface area contributed by atoms with E-state index in [1.807, 2.05) is 44.2 Å². The van der Waals surface area contributed by atoms with Crippen LogP contribution in [0.2, 0.25) is 10.3 Å². The molecular weight excluding hydrogens is 335 g/mol. The van der Waals surface area contributed by atoms with Crippen LogP contribution in [0.15, 0.2) is 34.8 Å². The SMILES string of the molecule is CC(C)(c1ccccc1)c1nc(Cl)c(Br)c(Cl)n1. The number of rotatable bonds is 2. The average molecular weight is 346 g/mol. The number of hydrogen-bond donors (Lipinski definition) is 0. The molecule has 2 rings (SSSR count). The minimum absolute atomic E-state index is 0.328. The molecule has 0 aliphatic carbocycles. The van der Waals surface area contributed by atoms with Crippen LogP contribution in [0.5, 0.6) is 0 Å². The number of hydrogen-bond acceptors (Lipinski definition) is 2. The first-order chi connectivity index (χ1) is 8.43. The molecule has 0 aliphatic heterocycles. The first kappa shape index (κ1) is 13.8. The molecule has 94 valence electrons. The highest BCUT2D eigenvalue weighted by Gasteiger charge is 2.27. The third kappa shape index (κ3) is 2.53. The summed E-state index contributed by atoms with van der Waals surface area (Å²) in [7, 11) is 0. The number of nitrogens with zero attached hydrogens (tertiary/aromatic N) is 2. The van der Waals surface area contributed by atoms with E-state index in [0.717, 1.165) is 5.56 Å². The summed E-state index contributed by atoms with van der Waals surface area (Å²) in [4.78, 5) is 8.61. The van der Waals surface area contributed by atoms with Crippen LogP contribution in [-0.4, -0.2) is 9.97 Å². The second kappa shape index (κ2) is 5.16. The Balaban J connectivity index is 2.54. The van der Waals surface area contributed by atoms with Crippen molar-refractivity contribution in [3.63, 3.8) is 0 Å². The van der Waals surface area contributed by atoms with Gasteiger partial charge in [0.15, 0.2) is 0 Å². The van der Waals surface area contributed by atoms with Gasteiger partial charge in [0.1, 0.15) is 16.1 Å². The average Bonchev–Trinajstić information content (AvgIpc) is 2.36. The zero-order valence-corrected chi connectivity index (χ0v) is 13.0. The Morgan fingerprint density at radius 3 is 2.00 bits per heavy atom. The van der Waals surface area contributed by atoms with Crippen molar-refractivity contribution in [1.82, 2.24) is 9.97 Å². The van der Waals surface area contributed by atoms with Gasteiger partial charge >= 0.3 is 0 Å². The van der Waals surface area contributed by atoms with Crippen molar-refractivity contribution in [1.29, 1.82) is 0 Å². The number of aromatic nitrogens is 2. The lowest BCUT2D eigenvalue weighted by molar-refractivity contribution is 0.589. The zero-order chi connectivity index (χ0) is 13.3. The molecule has 0 aliphatic rings. The van der Waals surface area contributed by atoms with Gasteiger partial charge in [0.2, 0.25) is 0 Å². The van der Waals surface area contributed by atoms with Crippen molar-refractivity contribution < 1.29 is 0 Å². The van der Waals surface area contributed by atoms with Gasteiger partial charge in [0.05, 0.1) is 4.47 Å². The maximum atomic E-state index is 6.03. The molecule has 5 heteroatoms. The second-order valence-electron chi connectivity index (χ2n) is 4.43. The van der Waals surface area contributed by atoms with Gasteiger partial charge in [-0.25, -0.2) is 9.97 Å². The number of benzene rings is 1. The van der Waals surface area contributed by atoms with Crippen molar-refractivity contribution in [3.8, 4) is 0 Å². The Morgan fingerprint density at radius 2 is 1.50 bits per heavy atom. The molecule has 0 unspecified atom stereocenters. The van der Waals surface area contributed by atoms with Gasteiger partial charge in [0.25, 0.3) is 0 Å². The summed E-state index contributed by atoms with van der Waals surface area (Å²) in [5.41, 5.74) is 0.759. The summed E-state index contributed by atoms with van der Waals surface area (Å²) in [6.07, 6.45) is 0. The van der Waals surface area contributed by atoms with Gasteiger partial charge in [-0.2, -0.15) is 0 Å². The predicted octanol–water partition coefficient (Wildman–Crippen LogP) is 4.87. The third-order valence-electron chi connectivity index (χ3n) is 2.82. The fourth-order valence-corrected chi connectivity index (χ4v) is 2.22. The molecule has 0 N–H and O–H groups in total. The van der Waals surface area contributed by atoms with Crippen LogP contribution in [0.1, 0.15) is 25.2 Å². The molecule has 1 heterocycles. The van der Waals surface area contributed by atoms with E-state index in [0.29, 0.717) is 20.6 Å². The van der Waals surface area contributed by atoms with Gasteiger partial charge in [-0.15, -0.1) is 0 Å². The van der Waals surface area contributed by atoms with E-state index in [-0.39, 0.29) is 5.41 Å². The van der Waals surface area contributed by atoms with E-state index >= 15 is 0 Å². The summed E-state index contributed by atoms with van der Waals surface area (Å²) in [5.74, 6) is 0.604. The van der Waals surface area contributed by atoms with Crippen molar-refractivity contribution in [2.75, 3.05) is 0 Å². The standard InChI is InChI=1S/C13H11BrCl2N2/c1-13(2,8-6-4-3-5-7-8)12-17-10(15)9(14)11(16)18-12/h3-7H,1-2H3. The van der Waals surface area contributed by atoms with E-state index < -0.39 is 0 Å². The van der Waals surface area contributed by atoms with Crippen LogP contribution in [0.4, 0.5) is 0 Å². The first-order valence-corrected chi connectivity index (χ1v) is 6.92. The van der Waals surface area contributed by atoms with E-state index in [4.69, 9.17) is 23.2 Å². The lowest BCUT2D eigenvalue weighted by atomic mass is 9.84. The molecule has 0 saturated heterocycles. The lowest BCUT2D eigenvalue weighted by Crippen LogP contribution is -2.22. The highest BCUT2D eigenvalue weighted by molar-refractivity contribution is 9.10. The van der Waals surface area contributed by atoms with Crippen molar-refractivity contribution in [2.24, 2.45) is 0 Å². The molecule has 0 bridgehead atoms. The Kier molecular flexibility index (Phi) is 3.95. The minimum atomic E-state index is -0.352. The van der Waals surface area contributed by atoms with Gasteiger partial charge in [-0.05, 0) is 35.3 Å². The third-order valence-corrected chi connectivity index (χ3v) is 4.58. The smallest absolute Gasteiger partial charge is 0.148 e. The van der Waals surface area contributed by atoms with E-state index in [1.54, 1.807) is 0 Å². The molecule has 2 aromatic rings. The van der Waals surface area contributed by atoms with E-state index in [1.165, 1.54) is 0 Å². The molecular formula is C13H11BrCl2N2. The molecule has 2 nitrogen and oxygen atoms in total. The van der Waals surface area contributed by atoms with Crippen molar-refractivity contribution >= 4 is 39.1 Å². The fraction of sp³-hybridized carbons (Fsp3) is 0.231. The van der Waals surface area contributed by atoms with Crippen LogP contribution in [-0.2, 0) is 5.41 Å². The van der Waals surface area contributed by atoms with Gasteiger partial charge in [-0.3, -0.25) is 0 Å². The maximum Gasteiger partial charge on any atom is 0.148 e. The molecule has 0 amide bonds. The highest BCUT2D eigenvalue weighted by atomic mass is 79.9. The zero-order valence-electron chi connectivity index (χ0n) is 9.92. The van der Waals surface area contributed by atoms with Gasteiger partial charge in [0, 0.05) is 5.41 Å². The van der Waals surface area contributed by atoms with Crippen LogP contribution in [0, 0.1) is 0 Å². The Bertz CT molecular complexity index is 547. The normalized spacial score (nSPS) is 11.6. The molecule has 1 aromatic carbocycles. The summed E-state index contributed by atoms with van der Waals surface area (Å²) < 4.78 is 0.526. The summed E-state index contributed by atoms with van der Waals surface area (Å²) in [6.45, 7) is 4.08. The van der Waals surface area contributed by atoms with Gasteiger partial charge < -0.3 is 0 Å². The summed E-state index contributed by atoms with van der Waals surface area (Å²) in [5, 5.41) is 0.656. The Labute approximate surface area is 124 Å². The summed E-state index contributed by atoms with van der Waals surface area (Å²) in [6, 6.07) is 10.0. The van der Waals surface area contributed by atoms with Crippen LogP contribution in [0.3, 0.4) is 0 Å². The predicted molar refractivity (Wildman–Crippen MR) is 78.3 cm³/mol. The lowest BCUT2D eigenvalue weighted by Gasteiger charge is -2.24. The van der Waals surface area contributed by atoms with Gasteiger partial charge in [-0.1, -0.05) is 53.5 Å². The monoisotopic (exact) mass is 344 g/mol. The molecule has 0 spiro atoms. The highest BCUT2D eigenvalue weighted by Crippen LogP contribution is 2.34. The Hall–Kier alpha value is -0.640. The van der Waals surface area contributed by atoms with Crippen LogP contribution >= 0.6 is 39.1 Å². The van der Waals surface area contributed by atoms with E-state index in [2.05, 4.69) is 25.9 Å². The van der Waals surface area contributed by atoms with Crippen molar-refractivity contribution in [3.05, 3.63) is 56.5 Å². The van der Waals surface area contributed by atoms with E-state index in [9.17, 15) is 0 Å². The molecule has 1 aromatic heterocycles. The second-order valence-corrected chi connectivity index (χ2v) is 5.94. The molecule has 0 fully saturated rings. The quantitative estimate of drug-likeness (QED) is 0.725. The summed E-state index contributed by atoms with van der Waals surface area (Å²) >= 11 is 15.3. The van der Waals surface area contributed by atoms with Crippen LogP contribution in [0.25, 0.3) is 0 Å². The largest absolute Gasteiger partial charge is 0.219 e. The fourth-order valence-electron chi connectivity index (χ4n) is 1.66. The Morgan fingerprint density at radius 1 is 1.00 bits per heavy atom. The topological polar surface area (TPSA) is 25.8 Å². The first-order valence-electron chi connectivity index (χ1n) is 5.37. The molecule has 0 atom stereocenters. The minimum Gasteiger partial charge on any atom is -0.219 e. The number of halogens is 3.